The summed E-state index contributed by atoms with van der Waals surface area (Å²) in [6.45, 7) is 5.02. The number of rotatable bonds is 7. The SMILES string of the molecule is COc1ccc(C(O)COC2CCCCC2N2CC[C@@H](C)C2)cc1OC. The lowest BCUT2D eigenvalue weighted by Crippen LogP contribution is -2.46. The van der Waals surface area contributed by atoms with E-state index in [2.05, 4.69) is 11.8 Å². The highest BCUT2D eigenvalue weighted by atomic mass is 16.5. The summed E-state index contributed by atoms with van der Waals surface area (Å²) in [5.41, 5.74) is 0.796. The van der Waals surface area contributed by atoms with Gasteiger partial charge in [-0.15, -0.1) is 0 Å². The van der Waals surface area contributed by atoms with Crippen molar-refractivity contribution in [1.29, 1.82) is 0 Å². The predicted octanol–water partition coefficient (Wildman–Crippen LogP) is 3.41. The fraction of sp³-hybridized carbons (Fsp3) is 0.714. The Bertz CT molecular complexity index is 579. The zero-order valence-electron chi connectivity index (χ0n) is 16.3. The maximum Gasteiger partial charge on any atom is 0.161 e. The summed E-state index contributed by atoms with van der Waals surface area (Å²) < 4.78 is 16.8. The number of methoxy groups -OCH3 is 2. The number of hydrogen-bond acceptors (Lipinski definition) is 5. The molecule has 4 atom stereocenters. The Morgan fingerprint density at radius 1 is 1.12 bits per heavy atom. The Morgan fingerprint density at radius 2 is 1.88 bits per heavy atom. The topological polar surface area (TPSA) is 51.2 Å². The molecule has 0 bridgehead atoms. The molecular weight excluding hydrogens is 330 g/mol. The molecule has 26 heavy (non-hydrogen) atoms. The highest BCUT2D eigenvalue weighted by Crippen LogP contribution is 2.32. The van der Waals surface area contributed by atoms with Gasteiger partial charge in [-0.2, -0.15) is 0 Å². The van der Waals surface area contributed by atoms with Crippen LogP contribution < -0.4 is 9.47 Å². The van der Waals surface area contributed by atoms with Crippen LogP contribution in [-0.4, -0.2) is 56.1 Å². The first kappa shape index (κ1) is 19.5. The van der Waals surface area contributed by atoms with Crippen LogP contribution in [0.4, 0.5) is 0 Å². The molecule has 0 spiro atoms. The number of nitrogens with zero attached hydrogens (tertiary/aromatic N) is 1. The first-order valence-corrected chi connectivity index (χ1v) is 9.88. The Labute approximate surface area is 157 Å². The summed E-state index contributed by atoms with van der Waals surface area (Å²) in [6.07, 6.45) is 5.67. The third-order valence-electron chi connectivity index (χ3n) is 5.85. The molecule has 1 aromatic carbocycles. The lowest BCUT2D eigenvalue weighted by molar-refractivity contribution is -0.0628. The molecule has 1 aliphatic carbocycles. The molecule has 2 fully saturated rings. The molecule has 0 amide bonds. The Morgan fingerprint density at radius 3 is 2.58 bits per heavy atom. The van der Waals surface area contributed by atoms with Crippen molar-refractivity contribution < 1.29 is 19.3 Å². The first-order valence-electron chi connectivity index (χ1n) is 9.88. The molecule has 3 unspecified atom stereocenters. The van der Waals surface area contributed by atoms with E-state index >= 15 is 0 Å². The van der Waals surface area contributed by atoms with Gasteiger partial charge in [-0.3, -0.25) is 4.90 Å². The second-order valence-electron chi connectivity index (χ2n) is 7.74. The first-order chi connectivity index (χ1) is 12.6. The van der Waals surface area contributed by atoms with Crippen LogP contribution in [0.1, 0.15) is 50.7 Å². The second-order valence-corrected chi connectivity index (χ2v) is 7.74. The zero-order valence-corrected chi connectivity index (χ0v) is 16.3. The number of aliphatic hydroxyl groups excluding tert-OH is 1. The molecule has 1 heterocycles. The van der Waals surface area contributed by atoms with Crippen molar-refractivity contribution in [1.82, 2.24) is 4.90 Å². The van der Waals surface area contributed by atoms with Crippen molar-refractivity contribution in [3.8, 4) is 11.5 Å². The minimum Gasteiger partial charge on any atom is -0.493 e. The summed E-state index contributed by atoms with van der Waals surface area (Å²) >= 11 is 0. The van der Waals surface area contributed by atoms with Gasteiger partial charge in [-0.25, -0.2) is 0 Å². The van der Waals surface area contributed by atoms with Crippen molar-refractivity contribution in [2.45, 2.75) is 57.3 Å². The zero-order chi connectivity index (χ0) is 18.5. The van der Waals surface area contributed by atoms with Crippen LogP contribution in [0.3, 0.4) is 0 Å². The number of hydrogen-bond donors (Lipinski definition) is 1. The largest absolute Gasteiger partial charge is 0.493 e. The molecule has 146 valence electrons. The van der Waals surface area contributed by atoms with Crippen LogP contribution in [0, 0.1) is 5.92 Å². The highest BCUT2D eigenvalue weighted by Gasteiger charge is 2.34. The average Bonchev–Trinajstić information content (AvgIpc) is 3.11. The van der Waals surface area contributed by atoms with E-state index in [-0.39, 0.29) is 6.10 Å². The van der Waals surface area contributed by atoms with Crippen LogP contribution in [0.15, 0.2) is 18.2 Å². The van der Waals surface area contributed by atoms with E-state index in [4.69, 9.17) is 14.2 Å². The molecule has 0 aromatic heterocycles. The molecule has 1 aliphatic heterocycles. The van der Waals surface area contributed by atoms with Crippen molar-refractivity contribution in [3.63, 3.8) is 0 Å². The van der Waals surface area contributed by atoms with Crippen LogP contribution >= 0.6 is 0 Å². The number of ether oxygens (including phenoxy) is 3. The lowest BCUT2D eigenvalue weighted by Gasteiger charge is -2.38. The summed E-state index contributed by atoms with van der Waals surface area (Å²) in [4.78, 5) is 2.61. The summed E-state index contributed by atoms with van der Waals surface area (Å²) in [6, 6.07) is 6.03. The predicted molar refractivity (Wildman–Crippen MR) is 102 cm³/mol. The van der Waals surface area contributed by atoms with Crippen molar-refractivity contribution in [2.24, 2.45) is 5.92 Å². The molecule has 1 saturated carbocycles. The fourth-order valence-corrected chi connectivity index (χ4v) is 4.33. The molecule has 1 saturated heterocycles. The Balaban J connectivity index is 1.59. The number of benzene rings is 1. The fourth-order valence-electron chi connectivity index (χ4n) is 4.33. The van der Waals surface area contributed by atoms with E-state index in [1.807, 2.05) is 18.2 Å². The van der Waals surface area contributed by atoms with Gasteiger partial charge in [0.2, 0.25) is 0 Å². The quantitative estimate of drug-likeness (QED) is 0.805. The van der Waals surface area contributed by atoms with Gasteiger partial charge in [0.1, 0.15) is 6.10 Å². The molecule has 1 N–H and O–H groups in total. The van der Waals surface area contributed by atoms with Crippen LogP contribution in [-0.2, 0) is 4.74 Å². The van der Waals surface area contributed by atoms with Gasteiger partial charge in [-0.1, -0.05) is 25.8 Å². The van der Waals surface area contributed by atoms with Gasteiger partial charge in [0.25, 0.3) is 0 Å². The second kappa shape index (κ2) is 9.07. The highest BCUT2D eigenvalue weighted by molar-refractivity contribution is 5.43. The Kier molecular flexibility index (Phi) is 6.79. The minimum absolute atomic E-state index is 0.226. The van der Waals surface area contributed by atoms with Gasteiger partial charge >= 0.3 is 0 Å². The average molecular weight is 363 g/mol. The molecule has 1 aromatic rings. The van der Waals surface area contributed by atoms with Crippen LogP contribution in [0.2, 0.25) is 0 Å². The maximum atomic E-state index is 10.6. The lowest BCUT2D eigenvalue weighted by atomic mass is 9.91. The monoisotopic (exact) mass is 363 g/mol. The van der Waals surface area contributed by atoms with Crippen LogP contribution in [0.25, 0.3) is 0 Å². The third kappa shape index (κ3) is 4.51. The molecule has 5 heteroatoms. The minimum atomic E-state index is -0.658. The van der Waals surface area contributed by atoms with Crippen LogP contribution in [0.5, 0.6) is 11.5 Å². The molecule has 0 radical (unpaired) electrons. The van der Waals surface area contributed by atoms with E-state index in [0.717, 1.165) is 17.9 Å². The van der Waals surface area contributed by atoms with E-state index in [9.17, 15) is 5.11 Å². The van der Waals surface area contributed by atoms with Gasteiger partial charge in [0.05, 0.1) is 26.9 Å². The van der Waals surface area contributed by atoms with Gasteiger partial charge < -0.3 is 19.3 Å². The number of likely N-dealkylation sites (tertiary alicyclic amines) is 1. The standard InChI is InChI=1S/C21H33NO4/c1-15-10-11-22(13-15)17-6-4-5-7-19(17)26-14-18(23)16-8-9-20(24-2)21(12-16)25-3/h8-9,12,15,17-19,23H,4-7,10-11,13-14H2,1-3H3/t15-,17?,18?,19?/m1/s1. The summed E-state index contributed by atoms with van der Waals surface area (Å²) in [5, 5.41) is 10.6. The Hall–Kier alpha value is -1.30. The van der Waals surface area contributed by atoms with E-state index in [1.54, 1.807) is 14.2 Å². The van der Waals surface area contributed by atoms with Gasteiger partial charge in [-0.05, 0) is 49.4 Å². The van der Waals surface area contributed by atoms with E-state index in [1.165, 1.54) is 38.8 Å². The maximum absolute atomic E-state index is 10.6. The summed E-state index contributed by atoms with van der Waals surface area (Å²) in [5.74, 6) is 2.08. The smallest absolute Gasteiger partial charge is 0.161 e. The van der Waals surface area contributed by atoms with Crippen molar-refractivity contribution in [2.75, 3.05) is 33.9 Å². The van der Waals surface area contributed by atoms with Gasteiger partial charge in [0, 0.05) is 12.6 Å². The number of aliphatic hydroxyl groups is 1. The van der Waals surface area contributed by atoms with E-state index in [0.29, 0.717) is 24.1 Å². The molecule has 2 aliphatic rings. The van der Waals surface area contributed by atoms with Crippen molar-refractivity contribution in [3.05, 3.63) is 23.8 Å². The van der Waals surface area contributed by atoms with Gasteiger partial charge in [0.15, 0.2) is 11.5 Å². The molecular formula is C21H33NO4. The molecule has 5 nitrogen and oxygen atoms in total. The third-order valence-corrected chi connectivity index (χ3v) is 5.85. The van der Waals surface area contributed by atoms with E-state index < -0.39 is 6.10 Å². The summed E-state index contributed by atoms with van der Waals surface area (Å²) in [7, 11) is 3.22. The van der Waals surface area contributed by atoms with Crippen molar-refractivity contribution >= 4 is 0 Å². The molecule has 3 rings (SSSR count). The normalized spacial score (nSPS) is 28.1.